The number of nitrogens with zero attached hydrogens (tertiary/aromatic N) is 2. The lowest BCUT2D eigenvalue weighted by Crippen LogP contribution is -2.47. The zero-order valence-electron chi connectivity index (χ0n) is 16.6. The highest BCUT2D eigenvalue weighted by molar-refractivity contribution is 7.90. The van der Waals surface area contributed by atoms with Crippen LogP contribution in [0.4, 0.5) is 5.69 Å². The van der Waals surface area contributed by atoms with Crippen LogP contribution in [0.15, 0.2) is 34.2 Å². The third-order valence-corrected chi connectivity index (χ3v) is 7.93. The minimum absolute atomic E-state index is 0.0756. The van der Waals surface area contributed by atoms with Crippen LogP contribution in [0.25, 0.3) is 0 Å². The predicted octanol–water partition coefficient (Wildman–Crippen LogP) is 1.33. The highest BCUT2D eigenvalue weighted by atomic mass is 32.2. The van der Waals surface area contributed by atoms with Crippen molar-refractivity contribution >= 4 is 38.3 Å². The molecule has 0 spiro atoms. The van der Waals surface area contributed by atoms with Crippen LogP contribution in [0.1, 0.15) is 32.6 Å². The number of hydrogen-bond acceptors (Lipinski definition) is 6. The van der Waals surface area contributed by atoms with Crippen LogP contribution in [0, 0.1) is 0 Å². The number of amides is 1. The Bertz CT molecular complexity index is 901. The first-order valence-corrected chi connectivity index (χ1v) is 12.9. The lowest BCUT2D eigenvalue weighted by molar-refractivity contribution is -0.117. The lowest BCUT2D eigenvalue weighted by Gasteiger charge is -2.32. The molecule has 160 valence electrons. The van der Waals surface area contributed by atoms with E-state index in [2.05, 4.69) is 15.0 Å². The van der Waals surface area contributed by atoms with Gasteiger partial charge in [-0.2, -0.15) is 0 Å². The predicted molar refractivity (Wildman–Crippen MR) is 115 cm³/mol. The van der Waals surface area contributed by atoms with Crippen LogP contribution in [0.5, 0.6) is 0 Å². The molecule has 1 saturated heterocycles. The first kappa shape index (κ1) is 21.9. The summed E-state index contributed by atoms with van der Waals surface area (Å²) in [6.45, 7) is 3.39. The van der Waals surface area contributed by atoms with Gasteiger partial charge in [0.25, 0.3) is 10.0 Å². The number of rotatable bonds is 5. The van der Waals surface area contributed by atoms with E-state index in [0.717, 1.165) is 19.3 Å². The maximum absolute atomic E-state index is 12.7. The Morgan fingerprint density at radius 1 is 1.31 bits per heavy atom. The maximum atomic E-state index is 12.7. The highest BCUT2D eigenvalue weighted by Gasteiger charge is 2.24. The Morgan fingerprint density at radius 2 is 2.14 bits per heavy atom. The van der Waals surface area contributed by atoms with Crippen molar-refractivity contribution < 1.29 is 17.4 Å². The number of amidine groups is 1. The van der Waals surface area contributed by atoms with Gasteiger partial charge in [-0.25, -0.2) is 8.42 Å². The van der Waals surface area contributed by atoms with Crippen molar-refractivity contribution in [3.63, 3.8) is 0 Å². The van der Waals surface area contributed by atoms with Crippen LogP contribution in [-0.4, -0.2) is 66.5 Å². The second kappa shape index (κ2) is 9.82. The van der Waals surface area contributed by atoms with E-state index in [0.29, 0.717) is 42.5 Å². The molecule has 2 N–H and O–H groups in total. The van der Waals surface area contributed by atoms with E-state index in [4.69, 9.17) is 0 Å². The largest absolute Gasteiger partial charge is 0.325 e. The molecule has 2 atom stereocenters. The van der Waals surface area contributed by atoms with Crippen molar-refractivity contribution in [3.05, 3.63) is 24.3 Å². The molecule has 10 heteroatoms. The topological polar surface area (TPSA) is 108 Å². The van der Waals surface area contributed by atoms with E-state index in [1.54, 1.807) is 12.1 Å². The third-order valence-electron chi connectivity index (χ3n) is 5.06. The van der Waals surface area contributed by atoms with Crippen molar-refractivity contribution in [1.82, 2.24) is 9.62 Å². The molecule has 0 aliphatic carbocycles. The smallest absolute Gasteiger partial charge is 0.262 e. The summed E-state index contributed by atoms with van der Waals surface area (Å²) in [4.78, 5) is 18.8. The van der Waals surface area contributed by atoms with Gasteiger partial charge in [0.15, 0.2) is 0 Å². The van der Waals surface area contributed by atoms with Crippen molar-refractivity contribution in [2.45, 2.75) is 43.5 Å². The standard InChI is InChI=1S/C19H28N4O4S2/c1-15-14-28(25)11-10-23(15)13-19(24)21-16-6-5-7-17(12-16)29(26,27)22-18-8-3-2-4-9-20-18/h5-7,12,15H,2-4,8-11,13-14H2,1H3,(H,20,22)(H,21,24)/t15-,28+/m1/s1. The molecule has 0 radical (unpaired) electrons. The Hall–Kier alpha value is -1.78. The first-order valence-electron chi connectivity index (χ1n) is 9.88. The van der Waals surface area contributed by atoms with Gasteiger partial charge >= 0.3 is 0 Å². The number of aliphatic imine (C=N–C) groups is 1. The number of carbonyl (C=O) groups is 1. The second-order valence-corrected chi connectivity index (χ2v) is 10.8. The zero-order valence-corrected chi connectivity index (χ0v) is 18.2. The molecule has 1 amide bonds. The van der Waals surface area contributed by atoms with Gasteiger partial charge in [0.2, 0.25) is 5.91 Å². The summed E-state index contributed by atoms with van der Waals surface area (Å²) in [6, 6.07) is 6.29. The van der Waals surface area contributed by atoms with E-state index in [9.17, 15) is 17.4 Å². The van der Waals surface area contributed by atoms with Crippen LogP contribution in [-0.2, 0) is 25.6 Å². The fourth-order valence-corrected chi connectivity index (χ4v) is 5.92. The number of benzene rings is 1. The average molecular weight is 441 g/mol. The van der Waals surface area contributed by atoms with E-state index in [-0.39, 0.29) is 23.4 Å². The van der Waals surface area contributed by atoms with Gasteiger partial charge in [0, 0.05) is 53.5 Å². The fourth-order valence-electron chi connectivity index (χ4n) is 3.43. The molecule has 0 saturated carbocycles. The summed E-state index contributed by atoms with van der Waals surface area (Å²) in [7, 11) is -4.57. The van der Waals surface area contributed by atoms with Crippen molar-refractivity contribution in [3.8, 4) is 0 Å². The summed E-state index contributed by atoms with van der Waals surface area (Å²) in [5, 5.41) is 2.77. The van der Waals surface area contributed by atoms with Crippen molar-refractivity contribution in [1.29, 1.82) is 0 Å². The fraction of sp³-hybridized carbons (Fsp3) is 0.579. The van der Waals surface area contributed by atoms with Gasteiger partial charge in [-0.3, -0.25) is 23.6 Å². The molecule has 2 aliphatic heterocycles. The molecular weight excluding hydrogens is 412 g/mol. The summed E-state index contributed by atoms with van der Waals surface area (Å²) in [5.41, 5.74) is 0.425. The molecule has 1 aromatic rings. The molecule has 8 nitrogen and oxygen atoms in total. The van der Waals surface area contributed by atoms with Gasteiger partial charge in [-0.1, -0.05) is 12.5 Å². The third kappa shape index (κ3) is 6.35. The molecule has 0 unspecified atom stereocenters. The molecule has 29 heavy (non-hydrogen) atoms. The summed E-state index contributed by atoms with van der Waals surface area (Å²) in [6.07, 6.45) is 3.55. The van der Waals surface area contributed by atoms with E-state index in [1.807, 2.05) is 11.8 Å². The Kier molecular flexibility index (Phi) is 7.42. The lowest BCUT2D eigenvalue weighted by atomic mass is 10.2. The molecule has 0 aromatic heterocycles. The summed E-state index contributed by atoms with van der Waals surface area (Å²) in [5.74, 6) is 1.41. The Morgan fingerprint density at radius 3 is 2.93 bits per heavy atom. The average Bonchev–Trinajstić information content (AvgIpc) is 2.92. The summed E-state index contributed by atoms with van der Waals surface area (Å²) < 4.78 is 39.6. The van der Waals surface area contributed by atoms with Crippen LogP contribution < -0.4 is 10.0 Å². The molecule has 1 fully saturated rings. The minimum Gasteiger partial charge on any atom is -0.325 e. The molecule has 2 heterocycles. The normalized spacial score (nSPS) is 23.7. The van der Waals surface area contributed by atoms with Gasteiger partial charge in [0.1, 0.15) is 5.84 Å². The SMILES string of the molecule is C[C@@H]1C[S@@](=O)CCN1CC(=O)Nc1cccc(S(=O)(=O)NC2=NCCCCC2)c1. The van der Waals surface area contributed by atoms with Crippen molar-refractivity contribution in [2.24, 2.45) is 4.99 Å². The number of carbonyl (C=O) groups excluding carboxylic acids is 1. The Balaban J connectivity index is 1.63. The number of sulfonamides is 1. The van der Waals surface area contributed by atoms with E-state index < -0.39 is 20.8 Å². The van der Waals surface area contributed by atoms with Crippen LogP contribution in [0.2, 0.25) is 0 Å². The molecular formula is C19H28N4O4S2. The monoisotopic (exact) mass is 440 g/mol. The maximum Gasteiger partial charge on any atom is 0.262 e. The second-order valence-electron chi connectivity index (χ2n) is 7.45. The van der Waals surface area contributed by atoms with Gasteiger partial charge in [-0.15, -0.1) is 0 Å². The highest BCUT2D eigenvalue weighted by Crippen LogP contribution is 2.17. The van der Waals surface area contributed by atoms with Gasteiger partial charge in [-0.05, 0) is 38.0 Å². The van der Waals surface area contributed by atoms with Gasteiger partial charge < -0.3 is 5.32 Å². The van der Waals surface area contributed by atoms with Gasteiger partial charge in [0.05, 0.1) is 11.4 Å². The molecule has 2 aliphatic rings. The summed E-state index contributed by atoms with van der Waals surface area (Å²) >= 11 is 0. The zero-order chi connectivity index (χ0) is 20.9. The minimum atomic E-state index is -3.75. The Labute approximate surface area is 174 Å². The van der Waals surface area contributed by atoms with E-state index in [1.165, 1.54) is 12.1 Å². The first-order chi connectivity index (χ1) is 13.8. The molecule has 3 rings (SSSR count). The number of anilines is 1. The number of hydrogen-bond donors (Lipinski definition) is 2. The molecule has 0 bridgehead atoms. The van der Waals surface area contributed by atoms with Crippen LogP contribution >= 0.6 is 0 Å². The molecule has 1 aromatic carbocycles. The van der Waals surface area contributed by atoms with E-state index >= 15 is 0 Å². The van der Waals surface area contributed by atoms with Crippen LogP contribution in [0.3, 0.4) is 0 Å². The quantitative estimate of drug-likeness (QED) is 0.718. The number of nitrogens with one attached hydrogen (secondary N) is 2. The van der Waals surface area contributed by atoms with Crippen molar-refractivity contribution in [2.75, 3.05) is 36.5 Å².